The number of anilines is 1. The van der Waals surface area contributed by atoms with Crippen molar-refractivity contribution in [1.82, 2.24) is 4.90 Å². The number of benzene rings is 2. The summed E-state index contributed by atoms with van der Waals surface area (Å²) >= 11 is 0. The van der Waals surface area contributed by atoms with Crippen LogP contribution < -0.4 is 14.2 Å². The first-order valence-corrected chi connectivity index (χ1v) is 12.4. The number of nitrogens with zero attached hydrogens (tertiary/aromatic N) is 1. The number of nitrogens with one attached hydrogen (secondary N) is 1. The van der Waals surface area contributed by atoms with E-state index in [1.807, 2.05) is 0 Å². The van der Waals surface area contributed by atoms with Crippen molar-refractivity contribution in [1.29, 1.82) is 0 Å². The van der Waals surface area contributed by atoms with Crippen molar-refractivity contribution in [2.24, 2.45) is 11.8 Å². The maximum absolute atomic E-state index is 13.2. The highest BCUT2D eigenvalue weighted by atomic mass is 32.2. The summed E-state index contributed by atoms with van der Waals surface area (Å²) in [5.74, 6) is 0.107. The van der Waals surface area contributed by atoms with Gasteiger partial charge in [0.25, 0.3) is 10.0 Å². The number of ether oxygens (including phenoxy) is 2. The smallest absolute Gasteiger partial charge is 0.262 e. The number of amides is 2. The van der Waals surface area contributed by atoms with Crippen molar-refractivity contribution >= 4 is 27.5 Å². The van der Waals surface area contributed by atoms with Gasteiger partial charge in [-0.15, -0.1) is 0 Å². The van der Waals surface area contributed by atoms with Crippen LogP contribution in [0.4, 0.5) is 5.69 Å². The van der Waals surface area contributed by atoms with Crippen molar-refractivity contribution < 1.29 is 27.5 Å². The molecular weight excluding hydrogens is 444 g/mol. The molecule has 2 aromatic carbocycles. The average Bonchev–Trinajstić information content (AvgIpc) is 3.05. The monoisotopic (exact) mass is 472 g/mol. The molecule has 4 rings (SSSR count). The number of hydrogen-bond acceptors (Lipinski definition) is 6. The largest absolute Gasteiger partial charge is 0.497 e. The Morgan fingerprint density at radius 1 is 0.970 bits per heavy atom. The molecule has 0 radical (unpaired) electrons. The lowest BCUT2D eigenvalue weighted by Gasteiger charge is -2.19. The number of sulfonamides is 1. The summed E-state index contributed by atoms with van der Waals surface area (Å²) in [7, 11) is -1.00. The summed E-state index contributed by atoms with van der Waals surface area (Å²) in [6, 6.07) is 9.75. The fourth-order valence-corrected chi connectivity index (χ4v) is 6.05. The molecule has 33 heavy (non-hydrogen) atoms. The minimum Gasteiger partial charge on any atom is -0.497 e. The van der Waals surface area contributed by atoms with Gasteiger partial charge in [0.1, 0.15) is 11.5 Å². The predicted octanol–water partition coefficient (Wildman–Crippen LogP) is 3.49. The van der Waals surface area contributed by atoms with Crippen molar-refractivity contribution in [3.05, 3.63) is 47.5 Å². The van der Waals surface area contributed by atoms with Crippen molar-refractivity contribution in [3.63, 3.8) is 0 Å². The Morgan fingerprint density at radius 2 is 1.64 bits per heavy atom. The fraction of sp³-hybridized carbons (Fsp3) is 0.417. The maximum atomic E-state index is 13.2. The Bertz CT molecular complexity index is 1170. The molecule has 8 nitrogen and oxygen atoms in total. The number of carbonyl (C=O) groups is 2. The topological polar surface area (TPSA) is 102 Å². The van der Waals surface area contributed by atoms with E-state index in [2.05, 4.69) is 4.72 Å². The highest BCUT2D eigenvalue weighted by molar-refractivity contribution is 7.92. The van der Waals surface area contributed by atoms with Gasteiger partial charge in [-0.3, -0.25) is 19.2 Å². The third-order valence-corrected chi connectivity index (χ3v) is 7.98. The molecular formula is C24H28N2O6S. The number of fused-ring (bicyclic) bond motifs is 1. The normalized spacial score (nSPS) is 20.5. The summed E-state index contributed by atoms with van der Waals surface area (Å²) in [5.41, 5.74) is 1.41. The maximum Gasteiger partial charge on any atom is 0.262 e. The van der Waals surface area contributed by atoms with E-state index in [1.165, 1.54) is 25.2 Å². The predicted molar refractivity (Wildman–Crippen MR) is 123 cm³/mol. The molecule has 9 heteroatoms. The van der Waals surface area contributed by atoms with Crippen LogP contribution in [0.1, 0.15) is 36.8 Å². The zero-order valence-corrected chi connectivity index (χ0v) is 19.8. The second-order valence-corrected chi connectivity index (χ2v) is 10.2. The first kappa shape index (κ1) is 23.1. The van der Waals surface area contributed by atoms with Crippen LogP contribution in [0.2, 0.25) is 0 Å². The first-order valence-electron chi connectivity index (χ1n) is 10.9. The van der Waals surface area contributed by atoms with E-state index >= 15 is 0 Å². The molecule has 0 bridgehead atoms. The van der Waals surface area contributed by atoms with Crippen LogP contribution in [-0.2, 0) is 26.2 Å². The van der Waals surface area contributed by atoms with Gasteiger partial charge in [0.05, 0.1) is 43.2 Å². The van der Waals surface area contributed by atoms with Gasteiger partial charge in [0.15, 0.2) is 0 Å². The average molecular weight is 473 g/mol. The van der Waals surface area contributed by atoms with E-state index in [-0.39, 0.29) is 40.8 Å². The molecule has 2 aliphatic rings. The number of aryl methyl sites for hydroxylation is 1. The first-order chi connectivity index (χ1) is 15.7. The van der Waals surface area contributed by atoms with E-state index in [0.29, 0.717) is 22.6 Å². The fourth-order valence-electron chi connectivity index (χ4n) is 4.68. The van der Waals surface area contributed by atoms with Crippen LogP contribution in [0.5, 0.6) is 11.5 Å². The molecule has 0 aromatic heterocycles. The minimum atomic E-state index is -3.96. The third kappa shape index (κ3) is 4.42. The van der Waals surface area contributed by atoms with Gasteiger partial charge in [-0.25, -0.2) is 8.42 Å². The van der Waals surface area contributed by atoms with E-state index in [4.69, 9.17) is 9.47 Å². The second kappa shape index (κ2) is 9.05. The number of rotatable bonds is 7. The lowest BCUT2D eigenvalue weighted by Crippen LogP contribution is -2.30. The molecule has 2 aromatic rings. The molecule has 1 aliphatic carbocycles. The molecule has 176 valence electrons. The quantitative estimate of drug-likeness (QED) is 0.619. The number of carbonyl (C=O) groups excluding carboxylic acids is 2. The summed E-state index contributed by atoms with van der Waals surface area (Å²) < 4.78 is 39.5. The lowest BCUT2D eigenvalue weighted by atomic mass is 9.81. The number of imide groups is 1. The molecule has 0 unspecified atom stereocenters. The Kier molecular flexibility index (Phi) is 6.34. The minimum absolute atomic E-state index is 0.0688. The number of methoxy groups -OCH3 is 2. The van der Waals surface area contributed by atoms with E-state index in [1.54, 1.807) is 37.3 Å². The molecule has 1 saturated heterocycles. The van der Waals surface area contributed by atoms with Crippen LogP contribution in [0.25, 0.3) is 0 Å². The van der Waals surface area contributed by atoms with Crippen LogP contribution in [0.15, 0.2) is 41.3 Å². The van der Waals surface area contributed by atoms with Crippen LogP contribution >= 0.6 is 0 Å². The Labute approximate surface area is 193 Å². The Morgan fingerprint density at radius 3 is 2.24 bits per heavy atom. The van der Waals surface area contributed by atoms with Gasteiger partial charge in [0, 0.05) is 6.07 Å². The van der Waals surface area contributed by atoms with Crippen LogP contribution in [-0.4, -0.2) is 39.4 Å². The third-order valence-electron chi connectivity index (χ3n) is 6.47. The molecule has 1 saturated carbocycles. The van der Waals surface area contributed by atoms with Gasteiger partial charge in [-0.05, 0) is 49.1 Å². The lowest BCUT2D eigenvalue weighted by molar-refractivity contribution is -0.140. The van der Waals surface area contributed by atoms with Gasteiger partial charge < -0.3 is 9.47 Å². The molecule has 0 spiro atoms. The Balaban J connectivity index is 1.59. The summed E-state index contributed by atoms with van der Waals surface area (Å²) in [4.78, 5) is 27.0. The molecule has 1 N–H and O–H groups in total. The number of hydrogen-bond donors (Lipinski definition) is 1. The molecule has 1 heterocycles. The molecule has 2 atom stereocenters. The SMILES string of the molecule is COc1ccc(NS(=O)(=O)c2cc(CN3C(=O)[C@H]4CCCC[C@H]4C3=O)ccc2C)c(OC)c1. The van der Waals surface area contributed by atoms with Crippen LogP contribution in [0.3, 0.4) is 0 Å². The highest BCUT2D eigenvalue weighted by Crippen LogP contribution is 2.39. The summed E-state index contributed by atoms with van der Waals surface area (Å²) in [6.45, 7) is 1.77. The van der Waals surface area contributed by atoms with Crippen LogP contribution in [0, 0.1) is 18.8 Å². The summed E-state index contributed by atoms with van der Waals surface area (Å²) in [6.07, 6.45) is 3.41. The van der Waals surface area contributed by atoms with Gasteiger partial charge in [0.2, 0.25) is 11.8 Å². The van der Waals surface area contributed by atoms with Gasteiger partial charge >= 0.3 is 0 Å². The van der Waals surface area contributed by atoms with Crippen molar-refractivity contribution in [3.8, 4) is 11.5 Å². The zero-order valence-electron chi connectivity index (χ0n) is 19.0. The standard InChI is InChI=1S/C24H28N2O6S/c1-15-8-9-16(14-26-23(27)18-6-4-5-7-19(18)24(26)28)12-22(15)33(29,30)25-20-11-10-17(31-2)13-21(20)32-3/h8-13,18-19,25H,4-7,14H2,1-3H3/t18-,19+. The Hall–Kier alpha value is -3.07. The van der Waals surface area contributed by atoms with E-state index < -0.39 is 10.0 Å². The second-order valence-electron chi connectivity index (χ2n) is 8.53. The van der Waals surface area contributed by atoms with Crippen molar-refractivity contribution in [2.75, 3.05) is 18.9 Å². The zero-order chi connectivity index (χ0) is 23.8. The van der Waals surface area contributed by atoms with Gasteiger partial charge in [-0.1, -0.05) is 25.0 Å². The highest BCUT2D eigenvalue weighted by Gasteiger charge is 2.47. The molecule has 2 amide bonds. The molecule has 2 fully saturated rings. The van der Waals surface area contributed by atoms with E-state index in [9.17, 15) is 18.0 Å². The molecule has 1 aliphatic heterocycles. The summed E-state index contributed by atoms with van der Waals surface area (Å²) in [5, 5.41) is 0. The van der Waals surface area contributed by atoms with Gasteiger partial charge in [-0.2, -0.15) is 0 Å². The van der Waals surface area contributed by atoms with Crippen molar-refractivity contribution in [2.45, 2.75) is 44.0 Å². The van der Waals surface area contributed by atoms with E-state index in [0.717, 1.165) is 25.7 Å². The number of likely N-dealkylation sites (tertiary alicyclic amines) is 1.